The highest BCUT2D eigenvalue weighted by atomic mass is 35.5. The first-order chi connectivity index (χ1) is 10.0. The summed E-state index contributed by atoms with van der Waals surface area (Å²) in [5, 5.41) is 19.1. The molecule has 0 bridgehead atoms. The molecule has 0 spiro atoms. The molecule has 21 heavy (non-hydrogen) atoms. The third-order valence-corrected chi connectivity index (χ3v) is 3.36. The van der Waals surface area contributed by atoms with E-state index in [0.29, 0.717) is 16.2 Å². The summed E-state index contributed by atoms with van der Waals surface area (Å²) in [5.41, 5.74) is 2.06. The molecule has 2 aromatic carbocycles. The second-order valence-electron chi connectivity index (χ2n) is 4.64. The van der Waals surface area contributed by atoms with Gasteiger partial charge in [-0.2, -0.15) is 0 Å². The van der Waals surface area contributed by atoms with Crippen LogP contribution in [0.2, 0.25) is 5.02 Å². The van der Waals surface area contributed by atoms with E-state index in [-0.39, 0.29) is 6.61 Å². The van der Waals surface area contributed by atoms with Gasteiger partial charge in [-0.15, -0.1) is 0 Å². The van der Waals surface area contributed by atoms with Gasteiger partial charge in [-0.1, -0.05) is 23.7 Å². The van der Waals surface area contributed by atoms with Crippen LogP contribution < -0.4 is 14.9 Å². The van der Waals surface area contributed by atoms with E-state index in [1.807, 2.05) is 13.0 Å². The molecule has 0 unspecified atom stereocenters. The minimum absolute atomic E-state index is 0.256. The average Bonchev–Trinajstić information content (AvgIpc) is 2.46. The van der Waals surface area contributed by atoms with Crippen LogP contribution in [-0.2, 0) is 6.61 Å². The van der Waals surface area contributed by atoms with Gasteiger partial charge in [0.2, 0.25) is 0 Å². The van der Waals surface area contributed by atoms with Crippen molar-refractivity contribution in [1.29, 1.82) is 0 Å². The summed E-state index contributed by atoms with van der Waals surface area (Å²) in [6.45, 7) is 2.17. The van der Waals surface area contributed by atoms with Crippen molar-refractivity contribution in [2.75, 3.05) is 7.11 Å². The molecule has 4 nitrogen and oxygen atoms in total. The Hall–Kier alpha value is -1.69. The standard InChI is InChI=1S/C15H16BClO4/c1-10-7-13(17)4-6-14(10)21-9-11-8-12(16(18)19)3-5-15(11)20-2/h3-8,18-19H,9H2,1-2H3. The van der Waals surface area contributed by atoms with Crippen molar-refractivity contribution < 1.29 is 19.5 Å². The van der Waals surface area contributed by atoms with Crippen molar-refractivity contribution in [3.05, 3.63) is 52.5 Å². The Morgan fingerprint density at radius 2 is 1.81 bits per heavy atom. The Labute approximate surface area is 129 Å². The fourth-order valence-corrected chi connectivity index (χ4v) is 2.23. The minimum atomic E-state index is -1.52. The Morgan fingerprint density at radius 3 is 2.43 bits per heavy atom. The number of rotatable bonds is 5. The molecular weight excluding hydrogens is 290 g/mol. The van der Waals surface area contributed by atoms with E-state index < -0.39 is 7.12 Å². The first-order valence-corrected chi connectivity index (χ1v) is 6.81. The summed E-state index contributed by atoms with van der Waals surface area (Å²) in [6, 6.07) is 10.3. The average molecular weight is 307 g/mol. The summed E-state index contributed by atoms with van der Waals surface area (Å²) >= 11 is 5.91. The maximum absolute atomic E-state index is 9.23. The number of benzene rings is 2. The molecule has 0 aromatic heterocycles. The Bertz CT molecular complexity index is 631. The predicted octanol–water partition coefficient (Wildman–Crippen LogP) is 1.92. The van der Waals surface area contributed by atoms with E-state index in [0.717, 1.165) is 16.9 Å². The molecule has 0 saturated heterocycles. The van der Waals surface area contributed by atoms with E-state index in [1.165, 1.54) is 0 Å². The molecule has 2 rings (SSSR count). The first kappa shape index (κ1) is 15.7. The molecule has 0 atom stereocenters. The number of aryl methyl sites for hydroxylation is 1. The molecule has 0 fully saturated rings. The fourth-order valence-electron chi connectivity index (χ4n) is 2.00. The van der Waals surface area contributed by atoms with Crippen molar-refractivity contribution in [2.45, 2.75) is 13.5 Å². The van der Waals surface area contributed by atoms with Gasteiger partial charge < -0.3 is 19.5 Å². The van der Waals surface area contributed by atoms with E-state index in [4.69, 9.17) is 21.1 Å². The van der Waals surface area contributed by atoms with Gasteiger partial charge in [0.25, 0.3) is 0 Å². The van der Waals surface area contributed by atoms with Gasteiger partial charge in [0.15, 0.2) is 0 Å². The molecule has 6 heteroatoms. The lowest BCUT2D eigenvalue weighted by molar-refractivity contribution is 0.295. The zero-order valence-corrected chi connectivity index (χ0v) is 12.6. The van der Waals surface area contributed by atoms with Gasteiger partial charge in [-0.3, -0.25) is 0 Å². The highest BCUT2D eigenvalue weighted by Crippen LogP contribution is 2.24. The van der Waals surface area contributed by atoms with Crippen molar-refractivity contribution in [1.82, 2.24) is 0 Å². The number of hydrogen-bond acceptors (Lipinski definition) is 4. The Kier molecular flexibility index (Phi) is 5.12. The van der Waals surface area contributed by atoms with Gasteiger partial charge in [0.1, 0.15) is 18.1 Å². The van der Waals surface area contributed by atoms with Gasteiger partial charge >= 0.3 is 7.12 Å². The van der Waals surface area contributed by atoms with E-state index in [2.05, 4.69) is 0 Å². The van der Waals surface area contributed by atoms with Gasteiger partial charge in [0.05, 0.1) is 7.11 Å². The molecule has 2 N–H and O–H groups in total. The number of halogens is 1. The minimum Gasteiger partial charge on any atom is -0.496 e. The maximum atomic E-state index is 9.23. The molecule has 0 aliphatic carbocycles. The SMILES string of the molecule is COc1ccc(B(O)O)cc1COc1ccc(Cl)cc1C. The predicted molar refractivity (Wildman–Crippen MR) is 83.3 cm³/mol. The Balaban J connectivity index is 2.20. The lowest BCUT2D eigenvalue weighted by atomic mass is 9.79. The van der Waals surface area contributed by atoms with Gasteiger partial charge in [0, 0.05) is 10.6 Å². The first-order valence-electron chi connectivity index (χ1n) is 6.43. The highest BCUT2D eigenvalue weighted by Gasteiger charge is 2.14. The summed E-state index contributed by atoms with van der Waals surface area (Å²) in [7, 11) is 0.0356. The number of methoxy groups -OCH3 is 1. The largest absolute Gasteiger partial charge is 0.496 e. The van der Waals surface area contributed by atoms with E-state index in [1.54, 1.807) is 37.4 Å². The molecule has 0 saturated carbocycles. The highest BCUT2D eigenvalue weighted by molar-refractivity contribution is 6.58. The van der Waals surface area contributed by atoms with Crippen LogP contribution >= 0.6 is 11.6 Å². The Morgan fingerprint density at radius 1 is 1.10 bits per heavy atom. The van der Waals surface area contributed by atoms with Crippen LogP contribution in [0.4, 0.5) is 0 Å². The van der Waals surface area contributed by atoms with Crippen LogP contribution in [0.1, 0.15) is 11.1 Å². The van der Waals surface area contributed by atoms with Gasteiger partial charge in [-0.25, -0.2) is 0 Å². The normalized spacial score (nSPS) is 10.3. The number of ether oxygens (including phenoxy) is 2. The molecule has 2 aromatic rings. The third-order valence-electron chi connectivity index (χ3n) is 3.12. The molecule has 0 radical (unpaired) electrons. The fraction of sp³-hybridized carbons (Fsp3) is 0.200. The summed E-state index contributed by atoms with van der Waals surface area (Å²) in [4.78, 5) is 0. The van der Waals surface area contributed by atoms with Crippen LogP contribution in [0.5, 0.6) is 11.5 Å². The molecule has 110 valence electrons. The van der Waals surface area contributed by atoms with Crippen LogP contribution in [0.25, 0.3) is 0 Å². The lowest BCUT2D eigenvalue weighted by Gasteiger charge is -2.13. The van der Waals surface area contributed by atoms with Crippen molar-refractivity contribution in [3.8, 4) is 11.5 Å². The van der Waals surface area contributed by atoms with Crippen molar-refractivity contribution >= 4 is 24.2 Å². The molecule has 0 amide bonds. The zero-order chi connectivity index (χ0) is 15.4. The smallest absolute Gasteiger partial charge is 0.488 e. The summed E-state index contributed by atoms with van der Waals surface area (Å²) in [6.07, 6.45) is 0. The summed E-state index contributed by atoms with van der Waals surface area (Å²) < 4.78 is 11.0. The molecule has 0 aliphatic rings. The third kappa shape index (κ3) is 3.91. The molecular formula is C15H16BClO4. The van der Waals surface area contributed by atoms with E-state index in [9.17, 15) is 10.0 Å². The molecule has 0 aliphatic heterocycles. The second-order valence-corrected chi connectivity index (χ2v) is 5.08. The van der Waals surface area contributed by atoms with Crippen molar-refractivity contribution in [3.63, 3.8) is 0 Å². The monoisotopic (exact) mass is 306 g/mol. The van der Waals surface area contributed by atoms with Gasteiger partial charge in [-0.05, 0) is 42.2 Å². The van der Waals surface area contributed by atoms with Crippen molar-refractivity contribution in [2.24, 2.45) is 0 Å². The van der Waals surface area contributed by atoms with Crippen LogP contribution in [0, 0.1) is 6.92 Å². The van der Waals surface area contributed by atoms with Crippen LogP contribution in [0.3, 0.4) is 0 Å². The second kappa shape index (κ2) is 6.85. The van der Waals surface area contributed by atoms with E-state index >= 15 is 0 Å². The number of hydrogen-bond donors (Lipinski definition) is 2. The lowest BCUT2D eigenvalue weighted by Crippen LogP contribution is -2.30. The topological polar surface area (TPSA) is 58.9 Å². The maximum Gasteiger partial charge on any atom is 0.488 e. The zero-order valence-electron chi connectivity index (χ0n) is 11.8. The quantitative estimate of drug-likeness (QED) is 0.829. The van der Waals surface area contributed by atoms with Crippen LogP contribution in [-0.4, -0.2) is 24.3 Å². The summed E-state index contributed by atoms with van der Waals surface area (Å²) in [5.74, 6) is 1.35. The van der Waals surface area contributed by atoms with Crippen LogP contribution in [0.15, 0.2) is 36.4 Å². The molecule has 0 heterocycles.